The highest BCUT2D eigenvalue weighted by Gasteiger charge is 2.16. The Morgan fingerprint density at radius 2 is 2.00 bits per heavy atom. The van der Waals surface area contributed by atoms with Crippen LogP contribution in [0.1, 0.15) is 12.0 Å². The Morgan fingerprint density at radius 1 is 1.28 bits per heavy atom. The second-order valence-corrected chi connectivity index (χ2v) is 5.13. The minimum atomic E-state index is 0.188. The van der Waals surface area contributed by atoms with Crippen LogP contribution in [0.2, 0.25) is 10.0 Å². The highest BCUT2D eigenvalue weighted by atomic mass is 35.5. The van der Waals surface area contributed by atoms with Gasteiger partial charge in [-0.15, -0.1) is 0 Å². The van der Waals surface area contributed by atoms with Crippen molar-refractivity contribution in [3.63, 3.8) is 0 Å². The van der Waals surface area contributed by atoms with Gasteiger partial charge in [-0.3, -0.25) is 4.79 Å². The van der Waals surface area contributed by atoms with E-state index >= 15 is 0 Å². The molecule has 1 aromatic rings. The van der Waals surface area contributed by atoms with Crippen LogP contribution in [-0.4, -0.2) is 37.0 Å². The smallest absolute Gasteiger partial charge is 0.222 e. The van der Waals surface area contributed by atoms with E-state index < -0.39 is 0 Å². The number of nitrogens with zero attached hydrogens (tertiary/aromatic N) is 1. The predicted molar refractivity (Wildman–Crippen MR) is 74.2 cm³/mol. The van der Waals surface area contributed by atoms with Gasteiger partial charge >= 0.3 is 0 Å². The van der Waals surface area contributed by atoms with E-state index in [0.29, 0.717) is 22.9 Å². The molecular weight excluding hydrogens is 271 g/mol. The first-order chi connectivity index (χ1) is 8.68. The lowest BCUT2D eigenvalue weighted by Gasteiger charge is -2.27. The Balaban J connectivity index is 1.90. The van der Waals surface area contributed by atoms with E-state index in [1.807, 2.05) is 17.0 Å². The van der Waals surface area contributed by atoms with Crippen LogP contribution in [0, 0.1) is 0 Å². The van der Waals surface area contributed by atoms with E-state index in [-0.39, 0.29) is 5.91 Å². The van der Waals surface area contributed by atoms with E-state index in [4.69, 9.17) is 23.2 Å². The molecule has 1 amide bonds. The molecule has 0 aromatic heterocycles. The number of rotatable bonds is 3. The molecule has 0 spiro atoms. The predicted octanol–water partition coefficient (Wildman–Crippen LogP) is 2.36. The normalized spacial score (nSPS) is 15.8. The van der Waals surface area contributed by atoms with Crippen molar-refractivity contribution in [2.24, 2.45) is 0 Å². The van der Waals surface area contributed by atoms with E-state index in [2.05, 4.69) is 5.32 Å². The van der Waals surface area contributed by atoms with E-state index in [9.17, 15) is 4.79 Å². The van der Waals surface area contributed by atoms with Gasteiger partial charge < -0.3 is 10.2 Å². The van der Waals surface area contributed by atoms with Crippen molar-refractivity contribution in [2.75, 3.05) is 26.2 Å². The SMILES string of the molecule is O=C(CCc1cccc(Cl)c1Cl)N1CCNCC1. The quantitative estimate of drug-likeness (QED) is 0.925. The van der Waals surface area contributed by atoms with Gasteiger partial charge in [0.2, 0.25) is 5.91 Å². The summed E-state index contributed by atoms with van der Waals surface area (Å²) >= 11 is 12.0. The molecule has 0 aliphatic carbocycles. The fourth-order valence-electron chi connectivity index (χ4n) is 2.06. The van der Waals surface area contributed by atoms with Crippen molar-refractivity contribution < 1.29 is 4.79 Å². The number of hydrogen-bond donors (Lipinski definition) is 1. The average molecular weight is 287 g/mol. The van der Waals surface area contributed by atoms with Crippen LogP contribution < -0.4 is 5.32 Å². The third-order valence-electron chi connectivity index (χ3n) is 3.11. The minimum absolute atomic E-state index is 0.188. The molecule has 0 radical (unpaired) electrons. The van der Waals surface area contributed by atoms with Crippen molar-refractivity contribution in [1.29, 1.82) is 0 Å². The number of amides is 1. The van der Waals surface area contributed by atoms with E-state index in [0.717, 1.165) is 31.7 Å². The standard InChI is InChI=1S/C13H16Cl2N2O/c14-11-3-1-2-10(13(11)15)4-5-12(18)17-8-6-16-7-9-17/h1-3,16H,4-9H2. The molecule has 1 aromatic carbocycles. The average Bonchev–Trinajstić information content (AvgIpc) is 2.41. The maximum atomic E-state index is 12.0. The van der Waals surface area contributed by atoms with Gasteiger partial charge in [0, 0.05) is 32.6 Å². The molecule has 18 heavy (non-hydrogen) atoms. The number of benzene rings is 1. The molecule has 3 nitrogen and oxygen atoms in total. The molecule has 2 rings (SSSR count). The fourth-order valence-corrected chi connectivity index (χ4v) is 2.47. The number of carbonyl (C=O) groups excluding carboxylic acids is 1. The van der Waals surface area contributed by atoms with Gasteiger partial charge in [-0.25, -0.2) is 0 Å². The third kappa shape index (κ3) is 3.37. The summed E-state index contributed by atoms with van der Waals surface area (Å²) < 4.78 is 0. The molecule has 98 valence electrons. The van der Waals surface area contributed by atoms with Gasteiger partial charge in [0.1, 0.15) is 0 Å². The summed E-state index contributed by atoms with van der Waals surface area (Å²) in [6, 6.07) is 5.53. The third-order valence-corrected chi connectivity index (χ3v) is 3.97. The fraction of sp³-hybridized carbons (Fsp3) is 0.462. The summed E-state index contributed by atoms with van der Waals surface area (Å²) in [4.78, 5) is 13.9. The first-order valence-corrected chi connectivity index (χ1v) is 6.85. The van der Waals surface area contributed by atoms with Crippen molar-refractivity contribution >= 4 is 29.1 Å². The van der Waals surface area contributed by atoms with Crippen LogP contribution in [0.25, 0.3) is 0 Å². The first kappa shape index (κ1) is 13.7. The lowest BCUT2D eigenvalue weighted by molar-refractivity contribution is -0.131. The van der Waals surface area contributed by atoms with Gasteiger partial charge in [-0.1, -0.05) is 35.3 Å². The first-order valence-electron chi connectivity index (χ1n) is 6.10. The van der Waals surface area contributed by atoms with Gasteiger partial charge in [0.15, 0.2) is 0 Å². The zero-order valence-corrected chi connectivity index (χ0v) is 11.6. The number of hydrogen-bond acceptors (Lipinski definition) is 2. The van der Waals surface area contributed by atoms with Crippen LogP contribution in [0.4, 0.5) is 0 Å². The molecule has 1 N–H and O–H groups in total. The molecule has 1 saturated heterocycles. The number of aryl methyl sites for hydroxylation is 1. The molecule has 0 bridgehead atoms. The van der Waals surface area contributed by atoms with Crippen LogP contribution in [-0.2, 0) is 11.2 Å². The zero-order chi connectivity index (χ0) is 13.0. The lowest BCUT2D eigenvalue weighted by Crippen LogP contribution is -2.46. The zero-order valence-electron chi connectivity index (χ0n) is 10.1. The number of piperazine rings is 1. The summed E-state index contributed by atoms with van der Waals surface area (Å²) in [6.07, 6.45) is 1.13. The van der Waals surface area contributed by atoms with Crippen molar-refractivity contribution in [1.82, 2.24) is 10.2 Å². The molecular formula is C13H16Cl2N2O. The molecule has 0 unspecified atom stereocenters. The van der Waals surface area contributed by atoms with Crippen LogP contribution in [0.5, 0.6) is 0 Å². The van der Waals surface area contributed by atoms with Crippen LogP contribution in [0.15, 0.2) is 18.2 Å². The molecule has 5 heteroatoms. The summed E-state index contributed by atoms with van der Waals surface area (Å²) in [5.41, 5.74) is 0.938. The summed E-state index contributed by atoms with van der Waals surface area (Å²) in [6.45, 7) is 3.34. The molecule has 1 heterocycles. The molecule has 1 aliphatic heterocycles. The topological polar surface area (TPSA) is 32.3 Å². The highest BCUT2D eigenvalue weighted by Crippen LogP contribution is 2.26. The van der Waals surface area contributed by atoms with Crippen molar-refractivity contribution in [3.05, 3.63) is 33.8 Å². The van der Waals surface area contributed by atoms with Crippen LogP contribution >= 0.6 is 23.2 Å². The summed E-state index contributed by atoms with van der Waals surface area (Å²) in [7, 11) is 0. The van der Waals surface area contributed by atoms with Gasteiger partial charge in [0.25, 0.3) is 0 Å². The maximum Gasteiger partial charge on any atom is 0.222 e. The largest absolute Gasteiger partial charge is 0.340 e. The Hall–Kier alpha value is -0.770. The van der Waals surface area contributed by atoms with Gasteiger partial charge in [-0.05, 0) is 18.1 Å². The van der Waals surface area contributed by atoms with Crippen molar-refractivity contribution in [3.8, 4) is 0 Å². The Labute approximate surface area is 117 Å². The van der Waals surface area contributed by atoms with Gasteiger partial charge in [-0.2, -0.15) is 0 Å². The van der Waals surface area contributed by atoms with Crippen LogP contribution in [0.3, 0.4) is 0 Å². The number of nitrogens with one attached hydrogen (secondary N) is 1. The number of carbonyl (C=O) groups is 1. The second kappa shape index (κ2) is 6.41. The van der Waals surface area contributed by atoms with E-state index in [1.165, 1.54) is 0 Å². The summed E-state index contributed by atoms with van der Waals surface area (Å²) in [5.74, 6) is 0.188. The Kier molecular flexibility index (Phi) is 4.87. The van der Waals surface area contributed by atoms with E-state index in [1.54, 1.807) is 6.07 Å². The molecule has 0 saturated carbocycles. The lowest BCUT2D eigenvalue weighted by atomic mass is 10.1. The Morgan fingerprint density at radius 3 is 2.72 bits per heavy atom. The number of halogens is 2. The molecule has 1 fully saturated rings. The Bertz CT molecular complexity index is 431. The maximum absolute atomic E-state index is 12.0. The van der Waals surface area contributed by atoms with Gasteiger partial charge in [0.05, 0.1) is 10.0 Å². The van der Waals surface area contributed by atoms with Crippen molar-refractivity contribution in [2.45, 2.75) is 12.8 Å². The highest BCUT2D eigenvalue weighted by molar-refractivity contribution is 6.42. The molecule has 1 aliphatic rings. The summed E-state index contributed by atoms with van der Waals surface area (Å²) in [5, 5.41) is 4.33. The monoisotopic (exact) mass is 286 g/mol. The molecule has 0 atom stereocenters. The second-order valence-electron chi connectivity index (χ2n) is 4.34. The minimum Gasteiger partial charge on any atom is -0.340 e.